The number of fused-ring (bicyclic) bond motifs is 1. The van der Waals surface area contributed by atoms with Gasteiger partial charge in [0.2, 0.25) is 5.91 Å². The molecule has 0 bridgehead atoms. The Hall–Kier alpha value is -1.99. The van der Waals surface area contributed by atoms with Crippen molar-refractivity contribution in [1.29, 1.82) is 0 Å². The van der Waals surface area contributed by atoms with Gasteiger partial charge in [-0.3, -0.25) is 4.79 Å². The molecular formula is C18H20N2O3S2. The first-order valence-electron chi connectivity index (χ1n) is 8.00. The number of nitrogens with one attached hydrogen (secondary N) is 1. The first kappa shape index (κ1) is 17.8. The first-order valence-corrected chi connectivity index (χ1v) is 10.9. The summed E-state index contributed by atoms with van der Waals surface area (Å²) in [6.07, 6.45) is 2.19. The van der Waals surface area contributed by atoms with Crippen molar-refractivity contribution in [3.05, 3.63) is 48.5 Å². The molecule has 0 atom stereocenters. The maximum Gasteiger partial charge on any atom is 0.243 e. The van der Waals surface area contributed by atoms with E-state index in [0.717, 1.165) is 30.7 Å². The van der Waals surface area contributed by atoms with Crippen LogP contribution in [0.15, 0.2) is 58.3 Å². The number of thioether (sulfide) groups is 1. The number of anilines is 2. The summed E-state index contributed by atoms with van der Waals surface area (Å²) in [5.74, 6) is 0.927. The van der Waals surface area contributed by atoms with Crippen LogP contribution in [-0.4, -0.2) is 39.4 Å². The van der Waals surface area contributed by atoms with Crippen molar-refractivity contribution in [2.45, 2.75) is 16.2 Å². The quantitative estimate of drug-likeness (QED) is 0.888. The van der Waals surface area contributed by atoms with E-state index in [1.165, 1.54) is 17.0 Å². The fourth-order valence-corrected chi connectivity index (χ4v) is 4.37. The number of carbonyl (C=O) groups is 1. The van der Waals surface area contributed by atoms with Gasteiger partial charge in [0.1, 0.15) is 0 Å². The number of carbonyl (C=O) groups excluding carboxylic acids is 1. The van der Waals surface area contributed by atoms with Crippen LogP contribution in [-0.2, 0) is 14.6 Å². The second-order valence-electron chi connectivity index (χ2n) is 5.94. The lowest BCUT2D eigenvalue weighted by Gasteiger charge is -2.23. The molecule has 2 aromatic carbocycles. The molecule has 1 N–H and O–H groups in total. The molecule has 0 unspecified atom stereocenters. The summed E-state index contributed by atoms with van der Waals surface area (Å²) in [4.78, 5) is 15.9. The van der Waals surface area contributed by atoms with E-state index in [1.807, 2.05) is 30.0 Å². The minimum atomic E-state index is -3.23. The third-order valence-electron chi connectivity index (χ3n) is 3.94. The van der Waals surface area contributed by atoms with Gasteiger partial charge in [0.15, 0.2) is 9.84 Å². The van der Waals surface area contributed by atoms with Crippen LogP contribution in [0.1, 0.15) is 6.42 Å². The standard InChI is InChI=1S/C18H20N2O3S2/c1-25(22,23)15-9-7-14(8-10-15)19-18(21)13-20-11-4-12-24-17-6-3-2-5-16(17)20/h2-3,5-10H,4,11-13H2,1H3,(H,19,21). The molecule has 1 heterocycles. The number of nitrogens with zero attached hydrogens (tertiary/aromatic N) is 1. The number of hydrogen-bond donors (Lipinski definition) is 1. The molecule has 1 aliphatic heterocycles. The molecule has 0 saturated heterocycles. The van der Waals surface area contributed by atoms with Crippen molar-refractivity contribution in [3.63, 3.8) is 0 Å². The fourth-order valence-electron chi connectivity index (χ4n) is 2.72. The molecule has 132 valence electrons. The number of amides is 1. The summed E-state index contributed by atoms with van der Waals surface area (Å²) in [6, 6.07) is 14.4. The van der Waals surface area contributed by atoms with E-state index in [-0.39, 0.29) is 17.3 Å². The van der Waals surface area contributed by atoms with Gasteiger partial charge < -0.3 is 10.2 Å². The van der Waals surface area contributed by atoms with Crippen molar-refractivity contribution >= 4 is 38.9 Å². The number of para-hydroxylation sites is 1. The Bertz CT molecular complexity index is 864. The number of benzene rings is 2. The minimum Gasteiger partial charge on any atom is -0.361 e. The molecule has 0 radical (unpaired) electrons. The average molecular weight is 377 g/mol. The van der Waals surface area contributed by atoms with Gasteiger partial charge in [-0.1, -0.05) is 12.1 Å². The van der Waals surface area contributed by atoms with Gasteiger partial charge in [-0.05, 0) is 48.6 Å². The Morgan fingerprint density at radius 1 is 1.16 bits per heavy atom. The van der Waals surface area contributed by atoms with E-state index < -0.39 is 9.84 Å². The first-order chi connectivity index (χ1) is 11.9. The number of sulfone groups is 1. The van der Waals surface area contributed by atoms with Crippen molar-refractivity contribution in [2.24, 2.45) is 0 Å². The largest absolute Gasteiger partial charge is 0.361 e. The van der Waals surface area contributed by atoms with Crippen LogP contribution < -0.4 is 10.2 Å². The maximum atomic E-state index is 12.4. The molecule has 0 saturated carbocycles. The topological polar surface area (TPSA) is 66.5 Å². The summed E-state index contributed by atoms with van der Waals surface area (Å²) in [6.45, 7) is 1.11. The van der Waals surface area contributed by atoms with Crippen LogP contribution in [0.3, 0.4) is 0 Å². The van der Waals surface area contributed by atoms with Gasteiger partial charge >= 0.3 is 0 Å². The predicted molar refractivity (Wildman–Crippen MR) is 102 cm³/mol. The van der Waals surface area contributed by atoms with Gasteiger partial charge in [-0.15, -0.1) is 11.8 Å². The molecule has 2 aromatic rings. The Morgan fingerprint density at radius 2 is 1.88 bits per heavy atom. The highest BCUT2D eigenvalue weighted by atomic mass is 32.2. The van der Waals surface area contributed by atoms with E-state index in [4.69, 9.17) is 0 Å². The molecule has 3 rings (SSSR count). The van der Waals surface area contributed by atoms with Gasteiger partial charge in [-0.2, -0.15) is 0 Å². The lowest BCUT2D eigenvalue weighted by molar-refractivity contribution is -0.115. The highest BCUT2D eigenvalue weighted by Gasteiger charge is 2.18. The number of rotatable bonds is 4. The Kier molecular flexibility index (Phi) is 5.34. The zero-order valence-corrected chi connectivity index (χ0v) is 15.6. The van der Waals surface area contributed by atoms with E-state index in [2.05, 4.69) is 16.3 Å². The molecule has 0 fully saturated rings. The second kappa shape index (κ2) is 7.49. The van der Waals surface area contributed by atoms with Gasteiger partial charge in [0.25, 0.3) is 0 Å². The molecule has 7 heteroatoms. The Morgan fingerprint density at radius 3 is 2.60 bits per heavy atom. The SMILES string of the molecule is CS(=O)(=O)c1ccc(NC(=O)CN2CCCSc3ccccc32)cc1. The summed E-state index contributed by atoms with van der Waals surface area (Å²) in [5.41, 5.74) is 1.68. The van der Waals surface area contributed by atoms with Crippen LogP contribution in [0.4, 0.5) is 11.4 Å². The highest BCUT2D eigenvalue weighted by molar-refractivity contribution is 7.99. The van der Waals surface area contributed by atoms with Gasteiger partial charge in [0, 0.05) is 23.4 Å². The molecule has 0 aromatic heterocycles. The van der Waals surface area contributed by atoms with Crippen molar-refractivity contribution in [1.82, 2.24) is 0 Å². The third kappa shape index (κ3) is 4.55. The van der Waals surface area contributed by atoms with Gasteiger partial charge in [-0.25, -0.2) is 8.42 Å². The van der Waals surface area contributed by atoms with E-state index in [9.17, 15) is 13.2 Å². The smallest absolute Gasteiger partial charge is 0.243 e. The molecule has 1 aliphatic rings. The van der Waals surface area contributed by atoms with Crippen molar-refractivity contribution in [2.75, 3.05) is 35.3 Å². The summed E-state index contributed by atoms with van der Waals surface area (Å²) in [5, 5.41) is 2.84. The molecule has 1 amide bonds. The Balaban J connectivity index is 1.68. The van der Waals surface area contributed by atoms with Crippen molar-refractivity contribution in [3.8, 4) is 0 Å². The molecule has 25 heavy (non-hydrogen) atoms. The minimum absolute atomic E-state index is 0.117. The maximum absolute atomic E-state index is 12.4. The lowest BCUT2D eigenvalue weighted by atomic mass is 10.2. The summed E-state index contributed by atoms with van der Waals surface area (Å²) in [7, 11) is -3.23. The molecule has 0 spiro atoms. The van der Waals surface area contributed by atoms with Crippen LogP contribution in [0.25, 0.3) is 0 Å². The number of hydrogen-bond acceptors (Lipinski definition) is 5. The van der Waals surface area contributed by atoms with E-state index >= 15 is 0 Å². The van der Waals surface area contributed by atoms with E-state index in [0.29, 0.717) is 5.69 Å². The van der Waals surface area contributed by atoms with Crippen LogP contribution in [0.2, 0.25) is 0 Å². The van der Waals surface area contributed by atoms with E-state index in [1.54, 1.807) is 12.1 Å². The van der Waals surface area contributed by atoms with Crippen LogP contribution >= 0.6 is 11.8 Å². The second-order valence-corrected chi connectivity index (χ2v) is 9.09. The fraction of sp³-hybridized carbons (Fsp3) is 0.278. The highest BCUT2D eigenvalue weighted by Crippen LogP contribution is 2.33. The van der Waals surface area contributed by atoms with Crippen LogP contribution in [0, 0.1) is 0 Å². The van der Waals surface area contributed by atoms with Gasteiger partial charge in [0.05, 0.1) is 17.1 Å². The van der Waals surface area contributed by atoms with Crippen LogP contribution in [0.5, 0.6) is 0 Å². The molecular weight excluding hydrogens is 356 g/mol. The normalized spacial score (nSPS) is 14.5. The summed E-state index contributed by atoms with van der Waals surface area (Å²) >= 11 is 1.82. The zero-order chi connectivity index (χ0) is 17.9. The predicted octanol–water partition coefficient (Wildman–Crippen LogP) is 3.03. The lowest BCUT2D eigenvalue weighted by Crippen LogP contribution is -2.34. The Labute approximate surface area is 152 Å². The average Bonchev–Trinajstić information content (AvgIpc) is 2.77. The molecule has 0 aliphatic carbocycles. The summed E-state index contributed by atoms with van der Waals surface area (Å²) < 4.78 is 23.0. The zero-order valence-electron chi connectivity index (χ0n) is 13.9. The monoisotopic (exact) mass is 376 g/mol. The third-order valence-corrected chi connectivity index (χ3v) is 6.21. The van der Waals surface area contributed by atoms with Crippen molar-refractivity contribution < 1.29 is 13.2 Å². The molecule has 5 nitrogen and oxygen atoms in total.